The monoisotopic (exact) mass is 287 g/mol. The first kappa shape index (κ1) is 14.4. The normalized spacial score (nSPS) is 15.8. The van der Waals surface area contributed by atoms with Crippen LogP contribution in [0.15, 0.2) is 24.3 Å². The number of carbonyl (C=O) groups is 2. The first-order chi connectivity index (χ1) is 9.27. The van der Waals surface area contributed by atoms with E-state index in [9.17, 15) is 22.8 Å². The van der Waals surface area contributed by atoms with Gasteiger partial charge in [0.15, 0.2) is 0 Å². The number of rotatable bonds is 3. The molecule has 1 amide bonds. The van der Waals surface area contributed by atoms with Crippen LogP contribution >= 0.6 is 0 Å². The summed E-state index contributed by atoms with van der Waals surface area (Å²) in [4.78, 5) is 23.8. The average molecular weight is 287 g/mol. The van der Waals surface area contributed by atoms with Crippen molar-refractivity contribution in [3.05, 3.63) is 35.4 Å². The van der Waals surface area contributed by atoms with Crippen molar-refractivity contribution in [3.8, 4) is 0 Å². The minimum atomic E-state index is -4.43. The fraction of sp³-hybridized carbons (Fsp3) is 0.385. The molecule has 2 rings (SSSR count). The molecule has 0 radical (unpaired) electrons. The predicted octanol–water partition coefficient (Wildman–Crippen LogP) is 2.25. The molecule has 1 aromatic carbocycles. The summed E-state index contributed by atoms with van der Waals surface area (Å²) in [5.74, 6) is -1.37. The van der Waals surface area contributed by atoms with Crippen molar-refractivity contribution in [1.29, 1.82) is 0 Å². The van der Waals surface area contributed by atoms with Gasteiger partial charge in [0.1, 0.15) is 0 Å². The summed E-state index contributed by atoms with van der Waals surface area (Å²) < 4.78 is 37.1. The van der Waals surface area contributed by atoms with Crippen LogP contribution in [-0.2, 0) is 11.0 Å². The van der Waals surface area contributed by atoms with E-state index in [-0.39, 0.29) is 23.8 Å². The molecular weight excluding hydrogens is 275 g/mol. The van der Waals surface area contributed by atoms with Crippen molar-refractivity contribution in [2.45, 2.75) is 12.6 Å². The maximum absolute atomic E-state index is 12.4. The van der Waals surface area contributed by atoms with E-state index in [2.05, 4.69) is 0 Å². The van der Waals surface area contributed by atoms with Crippen LogP contribution in [0, 0.1) is 5.92 Å². The third kappa shape index (κ3) is 3.09. The van der Waals surface area contributed by atoms with E-state index in [0.717, 1.165) is 24.3 Å². The largest absolute Gasteiger partial charge is 0.481 e. The van der Waals surface area contributed by atoms with Crippen LogP contribution in [0.5, 0.6) is 0 Å². The zero-order valence-corrected chi connectivity index (χ0v) is 10.4. The van der Waals surface area contributed by atoms with Gasteiger partial charge >= 0.3 is 12.1 Å². The summed E-state index contributed by atoms with van der Waals surface area (Å²) in [5, 5.41) is 8.59. The van der Waals surface area contributed by atoms with Gasteiger partial charge in [0.25, 0.3) is 5.91 Å². The third-order valence-electron chi connectivity index (χ3n) is 3.17. The van der Waals surface area contributed by atoms with Gasteiger partial charge in [-0.25, -0.2) is 0 Å². The second-order valence-corrected chi connectivity index (χ2v) is 4.75. The van der Waals surface area contributed by atoms with Crippen LogP contribution in [0.1, 0.15) is 22.3 Å². The lowest BCUT2D eigenvalue weighted by molar-refractivity contribution is -0.139. The molecule has 0 atom stereocenters. The highest BCUT2D eigenvalue weighted by molar-refractivity contribution is 5.94. The number of carbonyl (C=O) groups excluding carboxylic acids is 1. The number of carboxylic acid groups (broad SMARTS) is 1. The average Bonchev–Trinajstić information content (AvgIpc) is 2.31. The Morgan fingerprint density at radius 3 is 2.20 bits per heavy atom. The topological polar surface area (TPSA) is 57.6 Å². The molecule has 1 heterocycles. The van der Waals surface area contributed by atoms with Gasteiger partial charge in [-0.15, -0.1) is 0 Å². The van der Waals surface area contributed by atoms with Crippen molar-refractivity contribution in [2.24, 2.45) is 5.92 Å². The van der Waals surface area contributed by atoms with Gasteiger partial charge in [-0.05, 0) is 24.3 Å². The van der Waals surface area contributed by atoms with Crippen molar-refractivity contribution < 1.29 is 27.9 Å². The van der Waals surface area contributed by atoms with E-state index in [1.165, 1.54) is 4.90 Å². The number of benzene rings is 1. The first-order valence-electron chi connectivity index (χ1n) is 5.95. The lowest BCUT2D eigenvalue weighted by atomic mass is 9.95. The Bertz CT molecular complexity index is 519. The predicted molar refractivity (Wildman–Crippen MR) is 63.1 cm³/mol. The number of halogens is 3. The lowest BCUT2D eigenvalue weighted by Gasteiger charge is -2.38. The standard InChI is InChI=1S/C13H12F3NO3/c14-13(15,16)10-3-1-9(2-4-10)12(20)17-6-8(7-17)5-11(18)19/h1-4,8H,5-7H2,(H,18,19). The molecule has 20 heavy (non-hydrogen) atoms. The number of likely N-dealkylation sites (tertiary alicyclic amines) is 1. The zero-order valence-electron chi connectivity index (χ0n) is 10.4. The van der Waals surface area contributed by atoms with Crippen LogP contribution in [0.3, 0.4) is 0 Å². The molecule has 1 aliphatic rings. The van der Waals surface area contributed by atoms with E-state index < -0.39 is 17.7 Å². The number of hydrogen-bond donors (Lipinski definition) is 1. The van der Waals surface area contributed by atoms with Crippen LogP contribution in [0.25, 0.3) is 0 Å². The molecule has 1 N–H and O–H groups in total. The molecule has 0 saturated carbocycles. The maximum atomic E-state index is 12.4. The molecule has 108 valence electrons. The van der Waals surface area contributed by atoms with Crippen LogP contribution in [-0.4, -0.2) is 35.0 Å². The summed E-state index contributed by atoms with van der Waals surface area (Å²) in [7, 11) is 0. The van der Waals surface area contributed by atoms with Gasteiger partial charge < -0.3 is 10.0 Å². The molecule has 4 nitrogen and oxygen atoms in total. The molecule has 0 aliphatic carbocycles. The maximum Gasteiger partial charge on any atom is 0.416 e. The van der Waals surface area contributed by atoms with Crippen molar-refractivity contribution in [2.75, 3.05) is 13.1 Å². The lowest BCUT2D eigenvalue weighted by Crippen LogP contribution is -2.50. The summed E-state index contributed by atoms with van der Waals surface area (Å²) in [6.07, 6.45) is -4.43. The Morgan fingerprint density at radius 1 is 1.20 bits per heavy atom. The van der Waals surface area contributed by atoms with Crippen LogP contribution < -0.4 is 0 Å². The third-order valence-corrected chi connectivity index (χ3v) is 3.17. The summed E-state index contributed by atoms with van der Waals surface area (Å²) >= 11 is 0. The molecule has 1 aromatic rings. The Hall–Kier alpha value is -2.05. The summed E-state index contributed by atoms with van der Waals surface area (Å²) in [6.45, 7) is 0.651. The summed E-state index contributed by atoms with van der Waals surface area (Å²) in [5.41, 5.74) is -0.631. The Morgan fingerprint density at radius 2 is 1.75 bits per heavy atom. The molecule has 1 aliphatic heterocycles. The molecule has 1 saturated heterocycles. The van der Waals surface area contributed by atoms with E-state index in [4.69, 9.17) is 5.11 Å². The van der Waals surface area contributed by atoms with Gasteiger partial charge in [-0.1, -0.05) is 0 Å². The smallest absolute Gasteiger partial charge is 0.416 e. The first-order valence-corrected chi connectivity index (χ1v) is 5.95. The summed E-state index contributed by atoms with van der Waals surface area (Å²) in [6, 6.07) is 3.99. The van der Waals surface area contributed by atoms with E-state index >= 15 is 0 Å². The molecule has 0 spiro atoms. The zero-order chi connectivity index (χ0) is 14.9. The number of aliphatic carboxylic acids is 1. The molecule has 1 fully saturated rings. The Balaban J connectivity index is 1.96. The van der Waals surface area contributed by atoms with E-state index in [1.54, 1.807) is 0 Å². The molecule has 0 unspecified atom stereocenters. The number of nitrogens with zero attached hydrogens (tertiary/aromatic N) is 1. The SMILES string of the molecule is O=C(O)CC1CN(C(=O)c2ccc(C(F)(F)F)cc2)C1. The molecule has 0 aromatic heterocycles. The molecular formula is C13H12F3NO3. The van der Waals surface area contributed by atoms with Gasteiger partial charge in [-0.3, -0.25) is 9.59 Å². The van der Waals surface area contributed by atoms with Crippen LogP contribution in [0.4, 0.5) is 13.2 Å². The fourth-order valence-electron chi connectivity index (χ4n) is 2.10. The van der Waals surface area contributed by atoms with Crippen molar-refractivity contribution >= 4 is 11.9 Å². The highest BCUT2D eigenvalue weighted by Crippen LogP contribution is 2.29. The number of amides is 1. The van der Waals surface area contributed by atoms with Gasteiger partial charge in [0, 0.05) is 24.6 Å². The fourth-order valence-corrected chi connectivity index (χ4v) is 2.10. The number of alkyl halides is 3. The van der Waals surface area contributed by atoms with Crippen molar-refractivity contribution in [3.63, 3.8) is 0 Å². The Labute approximate surface area is 112 Å². The van der Waals surface area contributed by atoms with Crippen LogP contribution in [0.2, 0.25) is 0 Å². The second kappa shape index (κ2) is 5.15. The number of carboxylic acids is 1. The highest BCUT2D eigenvalue weighted by atomic mass is 19.4. The highest BCUT2D eigenvalue weighted by Gasteiger charge is 2.33. The Kier molecular flexibility index (Phi) is 3.69. The molecule has 0 bridgehead atoms. The van der Waals surface area contributed by atoms with E-state index in [1.807, 2.05) is 0 Å². The van der Waals surface area contributed by atoms with Gasteiger partial charge in [0.2, 0.25) is 0 Å². The van der Waals surface area contributed by atoms with Crippen molar-refractivity contribution in [1.82, 2.24) is 4.90 Å². The minimum Gasteiger partial charge on any atom is -0.481 e. The molecule has 7 heteroatoms. The minimum absolute atomic E-state index is 0.00318. The second-order valence-electron chi connectivity index (χ2n) is 4.75. The quantitative estimate of drug-likeness (QED) is 0.927. The number of hydrogen-bond acceptors (Lipinski definition) is 2. The van der Waals surface area contributed by atoms with Gasteiger partial charge in [0.05, 0.1) is 12.0 Å². The van der Waals surface area contributed by atoms with E-state index in [0.29, 0.717) is 13.1 Å². The van der Waals surface area contributed by atoms with Gasteiger partial charge in [-0.2, -0.15) is 13.2 Å².